The third-order valence-electron chi connectivity index (χ3n) is 5.19. The average Bonchev–Trinajstić information content (AvgIpc) is 3.11. The number of hydrogen-bond donors (Lipinski definition) is 1. The van der Waals surface area contributed by atoms with E-state index in [1.807, 2.05) is 0 Å². The van der Waals surface area contributed by atoms with E-state index in [0.717, 1.165) is 30.6 Å². The van der Waals surface area contributed by atoms with E-state index in [-0.39, 0.29) is 22.5 Å². The Hall–Kier alpha value is -2.36. The van der Waals surface area contributed by atoms with Crippen molar-refractivity contribution in [2.24, 2.45) is 0 Å². The van der Waals surface area contributed by atoms with Gasteiger partial charge >= 0.3 is 5.97 Å². The molecule has 0 spiro atoms. The monoisotopic (exact) mass is 481 g/mol. The maximum absolute atomic E-state index is 14.3. The summed E-state index contributed by atoms with van der Waals surface area (Å²) in [6.07, 6.45) is 4.25. The Labute approximate surface area is 192 Å². The minimum absolute atomic E-state index is 0.0351. The van der Waals surface area contributed by atoms with Gasteiger partial charge < -0.3 is 10.1 Å². The van der Waals surface area contributed by atoms with Gasteiger partial charge in [-0.05, 0) is 38.0 Å². The number of ether oxygens (including phenoxy) is 1. The molecule has 11 heteroatoms. The van der Waals surface area contributed by atoms with Crippen molar-refractivity contribution in [2.75, 3.05) is 18.5 Å². The number of pyridine rings is 1. The molecule has 0 unspecified atom stereocenters. The summed E-state index contributed by atoms with van der Waals surface area (Å²) >= 11 is 13.6. The van der Waals surface area contributed by atoms with E-state index in [1.54, 1.807) is 25.3 Å². The number of anilines is 1. The number of aromatic nitrogens is 4. The fraction of sp³-hybridized carbons (Fsp3) is 0.350. The molecule has 7 nitrogen and oxygen atoms in total. The topological polar surface area (TPSA) is 89.9 Å². The van der Waals surface area contributed by atoms with Crippen molar-refractivity contribution < 1.29 is 13.9 Å². The highest BCUT2D eigenvalue weighted by Crippen LogP contribution is 2.44. The molecule has 0 bridgehead atoms. The number of thiazole rings is 1. The van der Waals surface area contributed by atoms with Crippen LogP contribution in [0, 0.1) is 5.82 Å². The van der Waals surface area contributed by atoms with Crippen LogP contribution in [0.2, 0.25) is 9.36 Å². The summed E-state index contributed by atoms with van der Waals surface area (Å²) in [5.41, 5.74) is 0.477. The van der Waals surface area contributed by atoms with Crippen LogP contribution in [0.25, 0.3) is 10.7 Å². The lowest BCUT2D eigenvalue weighted by Gasteiger charge is -2.41. The van der Waals surface area contributed by atoms with Gasteiger partial charge in [0.1, 0.15) is 20.9 Å². The molecular weight excluding hydrogens is 464 g/mol. The molecule has 3 aromatic heterocycles. The smallest absolute Gasteiger partial charge is 0.359 e. The lowest BCUT2D eigenvalue weighted by Crippen LogP contribution is -2.42. The summed E-state index contributed by atoms with van der Waals surface area (Å²) in [4.78, 5) is 20.4. The van der Waals surface area contributed by atoms with Crippen LogP contribution in [0.3, 0.4) is 0 Å². The molecule has 1 aliphatic carbocycles. The van der Waals surface area contributed by atoms with Crippen LogP contribution in [0.1, 0.15) is 42.4 Å². The van der Waals surface area contributed by atoms with E-state index in [4.69, 9.17) is 27.9 Å². The van der Waals surface area contributed by atoms with Crippen molar-refractivity contribution in [3.05, 3.63) is 51.0 Å². The quantitative estimate of drug-likeness (QED) is 0.466. The highest BCUT2D eigenvalue weighted by molar-refractivity contribution is 7.19. The first kappa shape index (κ1) is 21.9. The van der Waals surface area contributed by atoms with E-state index in [1.165, 1.54) is 6.07 Å². The zero-order valence-electron chi connectivity index (χ0n) is 16.5. The molecule has 1 fully saturated rings. The summed E-state index contributed by atoms with van der Waals surface area (Å²) in [7, 11) is 0. The van der Waals surface area contributed by atoms with Crippen molar-refractivity contribution in [1.29, 1.82) is 0 Å². The number of carbonyl (C=O) groups excluding carboxylic acids is 1. The zero-order chi connectivity index (χ0) is 22.0. The van der Waals surface area contributed by atoms with E-state index >= 15 is 0 Å². The van der Waals surface area contributed by atoms with Gasteiger partial charge in [-0.2, -0.15) is 0 Å². The van der Waals surface area contributed by atoms with Crippen LogP contribution in [0.5, 0.6) is 0 Å². The molecule has 0 amide bonds. The normalized spacial score (nSPS) is 14.7. The Morgan fingerprint density at radius 1 is 1.35 bits per heavy atom. The van der Waals surface area contributed by atoms with Gasteiger partial charge in [0.15, 0.2) is 11.5 Å². The summed E-state index contributed by atoms with van der Waals surface area (Å²) in [6, 6.07) is 4.60. The standard InChI is InChI=1S/C20H18Cl2FN5O2S/c1-2-30-19(29)14-16(22)31-18(26-14)13-9-11(21)17(28-27-13)25-10-20(6-4-7-20)15-12(23)5-3-8-24-15/h3,5,8-9H,2,4,6-7,10H2,1H3,(H,25,28). The summed E-state index contributed by atoms with van der Waals surface area (Å²) in [6.45, 7) is 2.36. The van der Waals surface area contributed by atoms with Gasteiger partial charge in [-0.15, -0.1) is 10.2 Å². The van der Waals surface area contributed by atoms with Crippen molar-refractivity contribution in [1.82, 2.24) is 20.2 Å². The van der Waals surface area contributed by atoms with Gasteiger partial charge in [0, 0.05) is 18.2 Å². The molecule has 162 valence electrons. The van der Waals surface area contributed by atoms with Crippen LogP contribution >= 0.6 is 34.5 Å². The molecule has 0 saturated heterocycles. The molecule has 1 saturated carbocycles. The van der Waals surface area contributed by atoms with Crippen molar-refractivity contribution >= 4 is 46.3 Å². The van der Waals surface area contributed by atoms with E-state index < -0.39 is 11.4 Å². The first-order valence-electron chi connectivity index (χ1n) is 9.65. The Bertz CT molecular complexity index is 1120. The molecule has 0 atom stereocenters. The first-order valence-corrected chi connectivity index (χ1v) is 11.2. The van der Waals surface area contributed by atoms with Gasteiger partial charge in [0.05, 0.1) is 17.3 Å². The first-order chi connectivity index (χ1) is 14.9. The van der Waals surface area contributed by atoms with Crippen molar-refractivity contribution in [2.45, 2.75) is 31.6 Å². The van der Waals surface area contributed by atoms with Crippen molar-refractivity contribution in [3.8, 4) is 10.7 Å². The number of halogens is 3. The average molecular weight is 482 g/mol. The molecule has 0 radical (unpaired) electrons. The van der Waals surface area contributed by atoms with Crippen molar-refractivity contribution in [3.63, 3.8) is 0 Å². The van der Waals surface area contributed by atoms with Gasteiger partial charge in [0.25, 0.3) is 0 Å². The highest BCUT2D eigenvalue weighted by Gasteiger charge is 2.42. The second kappa shape index (κ2) is 9.02. The fourth-order valence-electron chi connectivity index (χ4n) is 3.46. The zero-order valence-corrected chi connectivity index (χ0v) is 18.8. The largest absolute Gasteiger partial charge is 0.461 e. The lowest BCUT2D eigenvalue weighted by molar-refractivity contribution is 0.0520. The molecule has 31 heavy (non-hydrogen) atoms. The van der Waals surface area contributed by atoms with Gasteiger partial charge in [-0.1, -0.05) is 41.0 Å². The second-order valence-electron chi connectivity index (χ2n) is 7.11. The van der Waals surface area contributed by atoms with E-state index in [0.29, 0.717) is 33.8 Å². The minimum atomic E-state index is -0.597. The van der Waals surface area contributed by atoms with Gasteiger partial charge in [-0.25, -0.2) is 14.2 Å². The summed E-state index contributed by atoms with van der Waals surface area (Å²) < 4.78 is 19.4. The summed E-state index contributed by atoms with van der Waals surface area (Å²) in [5.74, 6) is -0.532. The van der Waals surface area contributed by atoms with E-state index in [2.05, 4.69) is 25.5 Å². The number of rotatable bonds is 7. The Morgan fingerprint density at radius 3 is 2.81 bits per heavy atom. The molecular formula is C20H18Cl2FN5O2S. The predicted molar refractivity (Wildman–Crippen MR) is 117 cm³/mol. The molecule has 1 N–H and O–H groups in total. The molecule has 3 aromatic rings. The Morgan fingerprint density at radius 2 is 2.16 bits per heavy atom. The minimum Gasteiger partial charge on any atom is -0.461 e. The molecule has 0 aromatic carbocycles. The SMILES string of the molecule is CCOC(=O)c1nc(-c2cc(Cl)c(NCC3(c4ncccc4F)CCC3)nn2)sc1Cl. The third kappa shape index (κ3) is 4.35. The second-order valence-corrected chi connectivity index (χ2v) is 9.12. The predicted octanol–water partition coefficient (Wildman–Crippen LogP) is 5.15. The van der Waals surface area contributed by atoms with E-state index in [9.17, 15) is 9.18 Å². The maximum Gasteiger partial charge on any atom is 0.359 e. The maximum atomic E-state index is 14.3. The fourth-order valence-corrected chi connectivity index (χ4v) is 4.74. The Kier molecular flexibility index (Phi) is 6.36. The van der Waals surface area contributed by atoms with Gasteiger partial charge in [0.2, 0.25) is 0 Å². The van der Waals surface area contributed by atoms with Crippen LogP contribution in [0.4, 0.5) is 10.2 Å². The molecule has 4 rings (SSSR count). The number of carbonyl (C=O) groups is 1. The number of nitrogens with zero attached hydrogens (tertiary/aromatic N) is 4. The number of esters is 1. The molecule has 1 aliphatic rings. The van der Waals surface area contributed by atoms with Crippen LogP contribution in [-0.4, -0.2) is 39.3 Å². The van der Waals surface area contributed by atoms with Crippen LogP contribution < -0.4 is 5.32 Å². The number of hydrogen-bond acceptors (Lipinski definition) is 8. The highest BCUT2D eigenvalue weighted by atomic mass is 35.5. The third-order valence-corrected chi connectivity index (χ3v) is 6.75. The van der Waals surface area contributed by atoms with Crippen LogP contribution in [0.15, 0.2) is 24.4 Å². The Balaban J connectivity index is 1.52. The number of nitrogens with one attached hydrogen (secondary N) is 1. The summed E-state index contributed by atoms with van der Waals surface area (Å²) in [5, 5.41) is 12.2. The van der Waals surface area contributed by atoms with Crippen LogP contribution in [-0.2, 0) is 10.2 Å². The molecule has 3 heterocycles. The van der Waals surface area contributed by atoms with Gasteiger partial charge in [-0.3, -0.25) is 4.98 Å². The lowest BCUT2D eigenvalue weighted by atomic mass is 9.66. The molecule has 0 aliphatic heterocycles.